The smallest absolute Gasteiger partial charge is 0.379 e. The summed E-state index contributed by atoms with van der Waals surface area (Å²) in [7, 11) is 0. The summed E-state index contributed by atoms with van der Waals surface area (Å²) >= 11 is 1.08. The van der Waals surface area contributed by atoms with Gasteiger partial charge in [0.2, 0.25) is 0 Å². The number of thioether (sulfide) groups is 1. The molecule has 0 aliphatic carbocycles. The maximum absolute atomic E-state index is 15.0. The molecule has 1 saturated heterocycles. The van der Waals surface area contributed by atoms with Gasteiger partial charge in [0.1, 0.15) is 23.2 Å². The van der Waals surface area contributed by atoms with Gasteiger partial charge in [-0.2, -0.15) is 22.0 Å². The number of halogens is 6. The first-order chi connectivity index (χ1) is 16.5. The number of hydrogen-bond acceptors (Lipinski definition) is 7. The van der Waals surface area contributed by atoms with Crippen LogP contribution >= 0.6 is 11.8 Å². The van der Waals surface area contributed by atoms with Gasteiger partial charge in [-0.3, -0.25) is 9.79 Å². The Morgan fingerprint density at radius 3 is 2.77 bits per heavy atom. The van der Waals surface area contributed by atoms with Crippen LogP contribution in [0, 0.1) is 11.7 Å². The van der Waals surface area contributed by atoms with Crippen molar-refractivity contribution in [3.05, 3.63) is 41.7 Å². The molecule has 0 saturated carbocycles. The van der Waals surface area contributed by atoms with Gasteiger partial charge in [0.05, 0.1) is 13.2 Å². The van der Waals surface area contributed by atoms with Gasteiger partial charge in [-0.1, -0.05) is 17.8 Å². The Labute approximate surface area is 199 Å². The Kier molecular flexibility index (Phi) is 7.16. The van der Waals surface area contributed by atoms with Crippen molar-refractivity contribution >= 4 is 34.2 Å². The molecule has 7 nitrogen and oxygen atoms in total. The maximum atomic E-state index is 15.0. The summed E-state index contributed by atoms with van der Waals surface area (Å²) in [6.07, 6.45) is -5.49. The number of nitrogens with one attached hydrogen (secondary N) is 1. The van der Waals surface area contributed by atoms with E-state index in [9.17, 15) is 31.1 Å². The lowest BCUT2D eigenvalue weighted by molar-refractivity contribution is -0.245. The molecular weight excluding hydrogens is 502 g/mol. The van der Waals surface area contributed by atoms with Crippen molar-refractivity contribution in [3.63, 3.8) is 0 Å². The van der Waals surface area contributed by atoms with Gasteiger partial charge in [-0.15, -0.1) is 0 Å². The minimum atomic E-state index is -4.58. The van der Waals surface area contributed by atoms with Crippen LogP contribution in [0.3, 0.4) is 0 Å². The number of amidine groups is 1. The molecule has 1 amide bonds. The quantitative estimate of drug-likeness (QED) is 0.576. The molecule has 35 heavy (non-hydrogen) atoms. The Bertz CT molecular complexity index is 1080. The Hall–Kier alpha value is -2.58. The molecule has 1 aromatic rings. The fourth-order valence-electron chi connectivity index (χ4n) is 4.20. The number of nitrogens with zero attached hydrogens (tertiary/aromatic N) is 2. The van der Waals surface area contributed by atoms with Crippen molar-refractivity contribution in [2.24, 2.45) is 21.6 Å². The van der Waals surface area contributed by atoms with Crippen molar-refractivity contribution in [1.82, 2.24) is 0 Å². The molecular formula is C21H20F6N4O3S. The SMILES string of the molecule is NC1=N[C@@]2(c3cc(NC(=O)C4=NCC(OC(F)F)C=C4)ccc3F)CO[C@@H](C(F)(F)F)C[C@H]2CS1. The average molecular weight is 522 g/mol. The van der Waals surface area contributed by atoms with Gasteiger partial charge >= 0.3 is 12.8 Å². The number of alkyl halides is 5. The van der Waals surface area contributed by atoms with Crippen molar-refractivity contribution in [1.29, 1.82) is 0 Å². The van der Waals surface area contributed by atoms with E-state index in [1.165, 1.54) is 24.3 Å². The summed E-state index contributed by atoms with van der Waals surface area (Å²) in [5.74, 6) is -1.97. The van der Waals surface area contributed by atoms with Gasteiger partial charge in [-0.25, -0.2) is 9.38 Å². The number of nitrogens with two attached hydrogens (primary N) is 1. The van der Waals surface area contributed by atoms with Crippen LogP contribution < -0.4 is 11.1 Å². The van der Waals surface area contributed by atoms with Crippen molar-refractivity contribution < 1.29 is 40.6 Å². The molecule has 0 aromatic heterocycles. The highest BCUT2D eigenvalue weighted by atomic mass is 32.2. The summed E-state index contributed by atoms with van der Waals surface area (Å²) in [5.41, 5.74) is 4.37. The third kappa shape index (κ3) is 5.48. The molecule has 3 heterocycles. The van der Waals surface area contributed by atoms with E-state index < -0.39 is 61.2 Å². The van der Waals surface area contributed by atoms with E-state index >= 15 is 0 Å². The van der Waals surface area contributed by atoms with E-state index in [4.69, 9.17) is 10.5 Å². The Balaban J connectivity index is 1.57. The number of aliphatic imine (C=N–C) groups is 2. The number of benzene rings is 1. The summed E-state index contributed by atoms with van der Waals surface area (Å²) in [6.45, 7) is -3.72. The standard InChI is InChI=1S/C21H20F6N4O3S/c22-14-3-1-11(30-17(32)15-4-2-12(7-29-15)34-18(23)24)6-13(14)20-9-33-16(21(25,26)27)5-10(20)8-35-19(28)31-20/h1-4,6,10,12,16,18H,5,7-9H2,(H2,28,31)(H,30,32)/t10-,12?,16+,20-/m0/s1. The lowest BCUT2D eigenvalue weighted by Gasteiger charge is -2.46. The van der Waals surface area contributed by atoms with E-state index in [2.05, 4.69) is 20.0 Å². The second-order valence-electron chi connectivity index (χ2n) is 8.13. The molecule has 4 atom stereocenters. The molecule has 3 N–H and O–H groups in total. The van der Waals surface area contributed by atoms with Gasteiger partial charge in [-0.05, 0) is 30.7 Å². The summed E-state index contributed by atoms with van der Waals surface area (Å²) < 4.78 is 88.9. The highest BCUT2D eigenvalue weighted by Gasteiger charge is 2.55. The normalized spacial score (nSPS) is 28.8. The number of amides is 1. The summed E-state index contributed by atoms with van der Waals surface area (Å²) in [6, 6.07) is 3.61. The van der Waals surface area contributed by atoms with Crippen LogP contribution in [0.25, 0.3) is 0 Å². The predicted molar refractivity (Wildman–Crippen MR) is 117 cm³/mol. The first-order valence-corrected chi connectivity index (χ1v) is 11.4. The van der Waals surface area contributed by atoms with E-state index in [1.54, 1.807) is 0 Å². The van der Waals surface area contributed by atoms with Crippen LogP contribution in [0.1, 0.15) is 12.0 Å². The minimum absolute atomic E-state index is 0.0595. The van der Waals surface area contributed by atoms with Crippen molar-refractivity contribution in [2.75, 3.05) is 24.2 Å². The summed E-state index contributed by atoms with van der Waals surface area (Å²) in [4.78, 5) is 20.8. The predicted octanol–water partition coefficient (Wildman–Crippen LogP) is 3.61. The van der Waals surface area contributed by atoms with Crippen LogP contribution in [0.2, 0.25) is 0 Å². The maximum Gasteiger partial charge on any atom is 0.414 e. The third-order valence-electron chi connectivity index (χ3n) is 5.90. The Morgan fingerprint density at radius 2 is 2.11 bits per heavy atom. The van der Waals surface area contributed by atoms with E-state index in [-0.39, 0.29) is 34.4 Å². The molecule has 1 fully saturated rings. The van der Waals surface area contributed by atoms with Gasteiger partial charge in [0.15, 0.2) is 11.3 Å². The summed E-state index contributed by atoms with van der Waals surface area (Å²) in [5, 5.41) is 2.62. The van der Waals surface area contributed by atoms with Crippen LogP contribution in [0.15, 0.2) is 40.3 Å². The van der Waals surface area contributed by atoms with Gasteiger partial charge < -0.3 is 20.5 Å². The molecule has 4 rings (SSSR count). The average Bonchev–Trinajstić information content (AvgIpc) is 2.79. The third-order valence-corrected chi connectivity index (χ3v) is 6.85. The van der Waals surface area contributed by atoms with Crippen LogP contribution in [0.4, 0.5) is 32.0 Å². The van der Waals surface area contributed by atoms with E-state index in [1.807, 2.05) is 0 Å². The van der Waals surface area contributed by atoms with E-state index in [0.29, 0.717) is 0 Å². The molecule has 190 valence electrons. The van der Waals surface area contributed by atoms with Gasteiger partial charge in [0, 0.05) is 22.9 Å². The highest BCUT2D eigenvalue weighted by molar-refractivity contribution is 8.13. The second kappa shape index (κ2) is 9.82. The number of hydrogen-bond donors (Lipinski definition) is 2. The zero-order valence-electron chi connectivity index (χ0n) is 17.9. The topological polar surface area (TPSA) is 98.3 Å². The first kappa shape index (κ1) is 25.5. The molecule has 3 aliphatic rings. The largest absolute Gasteiger partial charge is 0.414 e. The lowest BCUT2D eigenvalue weighted by Crippen LogP contribution is -2.53. The van der Waals surface area contributed by atoms with Crippen LogP contribution in [0.5, 0.6) is 0 Å². The molecule has 1 unspecified atom stereocenters. The molecule has 0 bridgehead atoms. The molecule has 0 radical (unpaired) electrons. The number of rotatable bonds is 5. The first-order valence-electron chi connectivity index (χ1n) is 10.4. The highest BCUT2D eigenvalue weighted by Crippen LogP contribution is 2.49. The number of carbonyl (C=O) groups excluding carboxylic acids is 1. The lowest BCUT2D eigenvalue weighted by atomic mass is 9.74. The second-order valence-corrected chi connectivity index (χ2v) is 9.17. The van der Waals surface area contributed by atoms with Crippen molar-refractivity contribution in [2.45, 2.75) is 37.0 Å². The Morgan fingerprint density at radius 1 is 1.34 bits per heavy atom. The number of dihydropyridines is 1. The van der Waals surface area contributed by atoms with E-state index in [0.717, 1.165) is 17.8 Å². The van der Waals surface area contributed by atoms with Gasteiger partial charge in [0.25, 0.3) is 5.91 Å². The zero-order valence-corrected chi connectivity index (χ0v) is 18.7. The van der Waals surface area contributed by atoms with Crippen molar-refractivity contribution in [3.8, 4) is 0 Å². The zero-order chi connectivity index (χ0) is 25.4. The minimum Gasteiger partial charge on any atom is -0.379 e. The van der Waals surface area contributed by atoms with Crippen LogP contribution in [-0.4, -0.2) is 60.7 Å². The number of fused-ring (bicyclic) bond motifs is 1. The fourth-order valence-corrected chi connectivity index (χ4v) is 5.21. The monoisotopic (exact) mass is 522 g/mol. The molecule has 1 aromatic carbocycles. The van der Waals surface area contributed by atoms with Crippen LogP contribution in [-0.2, 0) is 19.8 Å². The number of anilines is 1. The fraction of sp³-hybridized carbons (Fsp3) is 0.476. The molecule has 14 heteroatoms. The number of ether oxygens (including phenoxy) is 2. The molecule has 3 aliphatic heterocycles. The number of carbonyl (C=O) groups is 1. The molecule has 0 spiro atoms.